The van der Waals surface area contributed by atoms with E-state index in [1.54, 1.807) is 0 Å². The fraction of sp³-hybridized carbons (Fsp3) is 1.00. The summed E-state index contributed by atoms with van der Waals surface area (Å²) in [5.41, 5.74) is 4.38. The second-order valence-corrected chi connectivity index (χ2v) is 3.65. The summed E-state index contributed by atoms with van der Waals surface area (Å²) in [7, 11) is 0. The van der Waals surface area contributed by atoms with E-state index in [4.69, 9.17) is 10.5 Å². The number of aliphatic hydroxyl groups is 1. The number of hydrogen-bond donors (Lipinski definition) is 2. The smallest absolute Gasteiger partial charge is 0.103 e. The van der Waals surface area contributed by atoms with Gasteiger partial charge in [-0.3, -0.25) is 0 Å². The number of nitrogens with two attached hydrogens (primary N) is 1. The Bertz CT molecular complexity index is 136. The molecule has 1 unspecified atom stereocenters. The minimum Gasteiger partial charge on any atom is -0.386 e. The van der Waals surface area contributed by atoms with E-state index in [1.807, 2.05) is 13.8 Å². The van der Waals surface area contributed by atoms with Crippen LogP contribution in [0.2, 0.25) is 0 Å². The molecular formula is C7H15NO2. The van der Waals surface area contributed by atoms with E-state index in [-0.39, 0.29) is 12.1 Å². The summed E-state index contributed by atoms with van der Waals surface area (Å²) < 4.78 is 5.32. The maximum atomic E-state index is 9.59. The Balaban J connectivity index is 2.57. The molecule has 3 N–H and O–H groups in total. The molecule has 1 aliphatic heterocycles. The average molecular weight is 145 g/mol. The molecule has 3 nitrogen and oxygen atoms in total. The Hall–Kier alpha value is -0.120. The van der Waals surface area contributed by atoms with Crippen LogP contribution in [-0.2, 0) is 4.74 Å². The molecule has 1 saturated heterocycles. The van der Waals surface area contributed by atoms with Gasteiger partial charge in [0.2, 0.25) is 0 Å². The van der Waals surface area contributed by atoms with Crippen molar-refractivity contribution in [2.75, 3.05) is 13.2 Å². The predicted octanol–water partition coefficient (Wildman–Crippen LogP) is -0.125. The minimum absolute atomic E-state index is 0.200. The van der Waals surface area contributed by atoms with Crippen molar-refractivity contribution < 1.29 is 9.84 Å². The number of hydrogen-bond acceptors (Lipinski definition) is 3. The summed E-state index contributed by atoms with van der Waals surface area (Å²) in [5.74, 6) is 0. The van der Waals surface area contributed by atoms with E-state index in [0.717, 1.165) is 0 Å². The van der Waals surface area contributed by atoms with Crippen molar-refractivity contribution in [3.8, 4) is 0 Å². The molecule has 0 aromatic heterocycles. The Kier molecular flexibility index (Phi) is 1.75. The molecule has 0 spiro atoms. The Morgan fingerprint density at radius 3 is 2.40 bits per heavy atom. The molecule has 0 saturated carbocycles. The van der Waals surface area contributed by atoms with Gasteiger partial charge in [0.25, 0.3) is 0 Å². The van der Waals surface area contributed by atoms with E-state index in [0.29, 0.717) is 13.0 Å². The maximum absolute atomic E-state index is 9.59. The van der Waals surface area contributed by atoms with Gasteiger partial charge in [-0.25, -0.2) is 0 Å². The highest BCUT2D eigenvalue weighted by Crippen LogP contribution is 2.31. The topological polar surface area (TPSA) is 55.5 Å². The normalized spacial score (nSPS) is 38.4. The maximum Gasteiger partial charge on any atom is 0.103 e. The molecule has 1 rings (SSSR count). The van der Waals surface area contributed by atoms with Crippen LogP contribution in [0.3, 0.4) is 0 Å². The third kappa shape index (κ3) is 1.48. The van der Waals surface area contributed by atoms with Gasteiger partial charge in [-0.2, -0.15) is 0 Å². The zero-order chi connectivity index (χ0) is 7.83. The van der Waals surface area contributed by atoms with Crippen LogP contribution in [0.15, 0.2) is 0 Å². The summed E-state index contributed by atoms with van der Waals surface area (Å²) in [4.78, 5) is 0. The van der Waals surface area contributed by atoms with Crippen LogP contribution >= 0.6 is 0 Å². The average Bonchev–Trinajstić information content (AvgIpc) is 2.08. The van der Waals surface area contributed by atoms with Crippen molar-refractivity contribution in [2.45, 2.75) is 31.5 Å². The van der Waals surface area contributed by atoms with Gasteiger partial charge in [-0.15, -0.1) is 0 Å². The van der Waals surface area contributed by atoms with E-state index in [2.05, 4.69) is 0 Å². The quantitative estimate of drug-likeness (QED) is 0.540. The molecule has 3 heteroatoms. The Morgan fingerprint density at radius 1 is 1.60 bits per heavy atom. The molecule has 0 aromatic carbocycles. The van der Waals surface area contributed by atoms with E-state index in [9.17, 15) is 5.11 Å². The first-order valence-electron chi connectivity index (χ1n) is 3.54. The molecule has 60 valence electrons. The fourth-order valence-electron chi connectivity index (χ4n) is 1.36. The van der Waals surface area contributed by atoms with Crippen molar-refractivity contribution in [1.29, 1.82) is 0 Å². The van der Waals surface area contributed by atoms with Gasteiger partial charge in [-0.1, -0.05) is 0 Å². The molecule has 0 aliphatic carbocycles. The first-order chi connectivity index (χ1) is 4.47. The summed E-state index contributed by atoms with van der Waals surface area (Å²) in [6.07, 6.45) is 0.635. The summed E-state index contributed by atoms with van der Waals surface area (Å²) in [5, 5.41) is 9.59. The Labute approximate surface area is 61.2 Å². The molecule has 0 aromatic rings. The third-order valence-electron chi connectivity index (χ3n) is 1.87. The van der Waals surface area contributed by atoms with Gasteiger partial charge in [0.15, 0.2) is 0 Å². The highest BCUT2D eigenvalue weighted by molar-refractivity contribution is 4.93. The predicted molar refractivity (Wildman–Crippen MR) is 38.7 cm³/mol. The molecular weight excluding hydrogens is 130 g/mol. The molecule has 1 aliphatic rings. The third-order valence-corrected chi connectivity index (χ3v) is 1.87. The van der Waals surface area contributed by atoms with Crippen LogP contribution in [0.25, 0.3) is 0 Å². The van der Waals surface area contributed by atoms with Crippen molar-refractivity contribution in [2.24, 2.45) is 5.73 Å². The van der Waals surface area contributed by atoms with Gasteiger partial charge < -0.3 is 15.6 Å². The zero-order valence-corrected chi connectivity index (χ0v) is 6.55. The molecule has 0 amide bonds. The van der Waals surface area contributed by atoms with Crippen molar-refractivity contribution in [3.05, 3.63) is 0 Å². The van der Waals surface area contributed by atoms with Crippen molar-refractivity contribution in [3.63, 3.8) is 0 Å². The summed E-state index contributed by atoms with van der Waals surface area (Å²) in [6.45, 7) is 4.58. The first kappa shape index (κ1) is 7.98. The second kappa shape index (κ2) is 2.19. The number of ether oxygens (including phenoxy) is 1. The summed E-state index contributed by atoms with van der Waals surface area (Å²) >= 11 is 0. The SMILES string of the molecule is CC1(C)CC(O)(CN)CO1. The lowest BCUT2D eigenvalue weighted by atomic mass is 9.94. The van der Waals surface area contributed by atoms with Crippen molar-refractivity contribution in [1.82, 2.24) is 0 Å². The lowest BCUT2D eigenvalue weighted by Gasteiger charge is -2.19. The molecule has 0 radical (unpaired) electrons. The molecule has 1 heterocycles. The zero-order valence-electron chi connectivity index (χ0n) is 6.55. The highest BCUT2D eigenvalue weighted by atomic mass is 16.5. The lowest BCUT2D eigenvalue weighted by molar-refractivity contribution is 0.00962. The van der Waals surface area contributed by atoms with Gasteiger partial charge >= 0.3 is 0 Å². The second-order valence-electron chi connectivity index (χ2n) is 3.65. The molecule has 10 heavy (non-hydrogen) atoms. The van der Waals surface area contributed by atoms with Crippen LogP contribution in [0.4, 0.5) is 0 Å². The molecule has 1 fully saturated rings. The Morgan fingerprint density at radius 2 is 2.20 bits per heavy atom. The standard InChI is InChI=1S/C7H15NO2/c1-6(2)3-7(9,4-8)5-10-6/h9H,3-5,8H2,1-2H3. The highest BCUT2D eigenvalue weighted by Gasteiger charge is 2.41. The number of rotatable bonds is 1. The van der Waals surface area contributed by atoms with Gasteiger partial charge in [0, 0.05) is 13.0 Å². The molecule has 0 bridgehead atoms. The van der Waals surface area contributed by atoms with E-state index >= 15 is 0 Å². The molecule has 1 atom stereocenters. The van der Waals surface area contributed by atoms with Crippen LogP contribution in [0.5, 0.6) is 0 Å². The first-order valence-corrected chi connectivity index (χ1v) is 3.54. The summed E-state index contributed by atoms with van der Waals surface area (Å²) in [6, 6.07) is 0. The van der Waals surface area contributed by atoms with Gasteiger partial charge in [0.05, 0.1) is 12.2 Å². The lowest BCUT2D eigenvalue weighted by Crippen LogP contribution is -2.38. The van der Waals surface area contributed by atoms with Gasteiger partial charge in [-0.05, 0) is 13.8 Å². The minimum atomic E-state index is -0.774. The van der Waals surface area contributed by atoms with Crippen LogP contribution in [0.1, 0.15) is 20.3 Å². The van der Waals surface area contributed by atoms with E-state index in [1.165, 1.54) is 0 Å². The monoisotopic (exact) mass is 145 g/mol. The van der Waals surface area contributed by atoms with Crippen LogP contribution < -0.4 is 5.73 Å². The largest absolute Gasteiger partial charge is 0.386 e. The van der Waals surface area contributed by atoms with Gasteiger partial charge in [0.1, 0.15) is 5.60 Å². The van der Waals surface area contributed by atoms with Crippen molar-refractivity contribution >= 4 is 0 Å². The fourth-order valence-corrected chi connectivity index (χ4v) is 1.36. The van der Waals surface area contributed by atoms with Crippen LogP contribution in [0, 0.1) is 0 Å². The van der Waals surface area contributed by atoms with E-state index < -0.39 is 5.60 Å². The van der Waals surface area contributed by atoms with Crippen LogP contribution in [-0.4, -0.2) is 29.5 Å².